The molecule has 1 rings (SSSR count). The van der Waals surface area contributed by atoms with Crippen LogP contribution in [0.4, 0.5) is 0 Å². The summed E-state index contributed by atoms with van der Waals surface area (Å²) >= 11 is 2.04. The predicted molar refractivity (Wildman–Crippen MR) is 58.5 cm³/mol. The monoisotopic (exact) mass is 290 g/mol. The highest BCUT2D eigenvalue weighted by atomic mass is 127. The normalized spacial score (nSPS) is 11.4. The summed E-state index contributed by atoms with van der Waals surface area (Å²) in [5.74, 6) is 0.0264. The van der Waals surface area contributed by atoms with E-state index in [1.54, 1.807) is 6.20 Å². The second-order valence-electron chi connectivity index (χ2n) is 3.81. The Hall–Kier alpha value is -0.520. The molecule has 70 valence electrons. The van der Waals surface area contributed by atoms with Gasteiger partial charge in [-0.3, -0.25) is 9.78 Å². The van der Waals surface area contributed by atoms with Gasteiger partial charge in [0.1, 0.15) is 9.39 Å². The fourth-order valence-electron chi connectivity index (χ4n) is 0.836. The van der Waals surface area contributed by atoms with Crippen LogP contribution in [0.1, 0.15) is 31.3 Å². The standard InChI is InChI=1S/C9H11IN2O/c1-9(2,3)8(13)6-4-11-5-7(10)12-6/h4-5H,1-3H3. The maximum atomic E-state index is 11.7. The van der Waals surface area contributed by atoms with Gasteiger partial charge in [0.15, 0.2) is 5.78 Å². The highest BCUT2D eigenvalue weighted by Gasteiger charge is 2.24. The Morgan fingerprint density at radius 2 is 2.00 bits per heavy atom. The fraction of sp³-hybridized carbons (Fsp3) is 0.444. The number of ketones is 1. The quantitative estimate of drug-likeness (QED) is 0.589. The third kappa shape index (κ3) is 2.72. The number of aromatic nitrogens is 2. The molecule has 0 fully saturated rings. The van der Waals surface area contributed by atoms with Crippen molar-refractivity contribution in [3.05, 3.63) is 21.8 Å². The number of nitrogens with zero attached hydrogens (tertiary/aromatic N) is 2. The van der Waals surface area contributed by atoms with Crippen LogP contribution in [0, 0.1) is 9.12 Å². The molecule has 0 atom stereocenters. The second-order valence-corrected chi connectivity index (χ2v) is 4.91. The molecule has 3 nitrogen and oxygen atoms in total. The lowest BCUT2D eigenvalue weighted by atomic mass is 9.89. The number of Topliss-reactive ketones (excluding diaryl/α,β-unsaturated/α-hetero) is 1. The molecule has 0 N–H and O–H groups in total. The number of carbonyl (C=O) groups excluding carboxylic acids is 1. The Morgan fingerprint density at radius 1 is 1.38 bits per heavy atom. The maximum absolute atomic E-state index is 11.7. The minimum atomic E-state index is -0.390. The van der Waals surface area contributed by atoms with Gasteiger partial charge in [0.25, 0.3) is 0 Å². The zero-order chi connectivity index (χ0) is 10.1. The Labute approximate surface area is 91.1 Å². The molecule has 0 saturated carbocycles. The zero-order valence-corrected chi connectivity index (χ0v) is 9.99. The predicted octanol–water partition coefficient (Wildman–Crippen LogP) is 2.31. The van der Waals surface area contributed by atoms with Crippen LogP contribution in [0.3, 0.4) is 0 Å². The largest absolute Gasteiger partial charge is 0.292 e. The van der Waals surface area contributed by atoms with Crippen LogP contribution in [0.25, 0.3) is 0 Å². The van der Waals surface area contributed by atoms with Crippen LogP contribution in [0.2, 0.25) is 0 Å². The first-order chi connectivity index (χ1) is 5.91. The van der Waals surface area contributed by atoms with E-state index in [1.807, 2.05) is 43.4 Å². The summed E-state index contributed by atoms with van der Waals surface area (Å²) in [6, 6.07) is 0. The van der Waals surface area contributed by atoms with Gasteiger partial charge in [-0.25, -0.2) is 4.98 Å². The van der Waals surface area contributed by atoms with Crippen molar-refractivity contribution in [1.29, 1.82) is 0 Å². The van der Waals surface area contributed by atoms with E-state index < -0.39 is 0 Å². The molecule has 0 saturated heterocycles. The summed E-state index contributed by atoms with van der Waals surface area (Å²) < 4.78 is 0.743. The summed E-state index contributed by atoms with van der Waals surface area (Å²) in [6.45, 7) is 5.62. The molecule has 1 aromatic rings. The van der Waals surface area contributed by atoms with Gasteiger partial charge in [0, 0.05) is 5.41 Å². The smallest absolute Gasteiger partial charge is 0.188 e. The molecule has 0 spiro atoms. The minimum Gasteiger partial charge on any atom is -0.292 e. The summed E-state index contributed by atoms with van der Waals surface area (Å²) in [4.78, 5) is 19.8. The summed E-state index contributed by atoms with van der Waals surface area (Å²) in [5, 5.41) is 0. The number of hydrogen-bond donors (Lipinski definition) is 0. The van der Waals surface area contributed by atoms with Crippen LogP contribution in [-0.2, 0) is 0 Å². The summed E-state index contributed by atoms with van der Waals surface area (Å²) in [5.41, 5.74) is 0.0541. The summed E-state index contributed by atoms with van der Waals surface area (Å²) in [6.07, 6.45) is 3.13. The van der Waals surface area contributed by atoms with Crippen LogP contribution < -0.4 is 0 Å². The molecule has 13 heavy (non-hydrogen) atoms. The fourth-order valence-corrected chi connectivity index (χ4v) is 1.26. The highest BCUT2D eigenvalue weighted by Crippen LogP contribution is 2.19. The summed E-state index contributed by atoms with van der Waals surface area (Å²) in [7, 11) is 0. The lowest BCUT2D eigenvalue weighted by Crippen LogP contribution is -2.21. The molecule has 0 aliphatic rings. The van der Waals surface area contributed by atoms with Gasteiger partial charge in [-0.2, -0.15) is 0 Å². The minimum absolute atomic E-state index is 0.0264. The first-order valence-corrected chi connectivity index (χ1v) is 5.01. The van der Waals surface area contributed by atoms with E-state index in [9.17, 15) is 4.79 Å². The van der Waals surface area contributed by atoms with Gasteiger partial charge < -0.3 is 0 Å². The first kappa shape index (κ1) is 10.6. The van der Waals surface area contributed by atoms with Crippen LogP contribution in [-0.4, -0.2) is 15.8 Å². The number of carbonyl (C=O) groups is 1. The van der Waals surface area contributed by atoms with Gasteiger partial charge in [0.05, 0.1) is 12.4 Å². The molecule has 4 heteroatoms. The van der Waals surface area contributed by atoms with E-state index in [4.69, 9.17) is 0 Å². The van der Waals surface area contributed by atoms with Gasteiger partial charge in [-0.05, 0) is 22.6 Å². The average molecular weight is 290 g/mol. The Bertz CT molecular complexity index is 331. The van der Waals surface area contributed by atoms with Gasteiger partial charge >= 0.3 is 0 Å². The van der Waals surface area contributed by atoms with Crippen molar-refractivity contribution in [2.75, 3.05) is 0 Å². The Balaban J connectivity index is 3.03. The van der Waals surface area contributed by atoms with Gasteiger partial charge in [-0.15, -0.1) is 0 Å². The van der Waals surface area contributed by atoms with E-state index >= 15 is 0 Å². The van der Waals surface area contributed by atoms with Crippen molar-refractivity contribution in [3.8, 4) is 0 Å². The highest BCUT2D eigenvalue weighted by molar-refractivity contribution is 14.1. The van der Waals surface area contributed by atoms with E-state index in [-0.39, 0.29) is 11.2 Å². The second kappa shape index (κ2) is 3.69. The van der Waals surface area contributed by atoms with Gasteiger partial charge in [-0.1, -0.05) is 20.8 Å². The number of halogens is 1. The molecule has 0 aromatic carbocycles. The van der Waals surface area contributed by atoms with E-state index in [2.05, 4.69) is 9.97 Å². The van der Waals surface area contributed by atoms with Crippen molar-refractivity contribution in [1.82, 2.24) is 9.97 Å². The van der Waals surface area contributed by atoms with E-state index in [1.165, 1.54) is 6.20 Å². The average Bonchev–Trinajstić information content (AvgIpc) is 2.01. The van der Waals surface area contributed by atoms with Gasteiger partial charge in [0.2, 0.25) is 0 Å². The van der Waals surface area contributed by atoms with Crippen molar-refractivity contribution in [2.24, 2.45) is 5.41 Å². The Kier molecular flexibility index (Phi) is 3.00. The Morgan fingerprint density at radius 3 is 2.46 bits per heavy atom. The lowest BCUT2D eigenvalue weighted by molar-refractivity contribution is 0.0852. The van der Waals surface area contributed by atoms with Crippen LogP contribution >= 0.6 is 22.6 Å². The molecular formula is C9H11IN2O. The molecule has 0 amide bonds. The SMILES string of the molecule is CC(C)(C)C(=O)c1cncc(I)n1. The molecule has 0 unspecified atom stereocenters. The zero-order valence-electron chi connectivity index (χ0n) is 7.84. The number of hydrogen-bond acceptors (Lipinski definition) is 3. The molecule has 0 bridgehead atoms. The molecule has 0 aliphatic carbocycles. The van der Waals surface area contributed by atoms with E-state index in [0.717, 1.165) is 3.70 Å². The van der Waals surface area contributed by atoms with Crippen LogP contribution in [0.15, 0.2) is 12.4 Å². The lowest BCUT2D eigenvalue weighted by Gasteiger charge is -2.15. The number of rotatable bonds is 1. The van der Waals surface area contributed by atoms with Crippen molar-refractivity contribution >= 4 is 28.4 Å². The van der Waals surface area contributed by atoms with Crippen LogP contribution in [0.5, 0.6) is 0 Å². The third-order valence-corrected chi connectivity index (χ3v) is 2.04. The molecule has 1 aromatic heterocycles. The molecule has 0 aliphatic heterocycles. The molecule has 0 radical (unpaired) electrons. The molecular weight excluding hydrogens is 279 g/mol. The van der Waals surface area contributed by atoms with Crippen molar-refractivity contribution < 1.29 is 4.79 Å². The third-order valence-electron chi connectivity index (χ3n) is 1.52. The first-order valence-electron chi connectivity index (χ1n) is 3.93. The van der Waals surface area contributed by atoms with Crippen molar-refractivity contribution in [3.63, 3.8) is 0 Å². The van der Waals surface area contributed by atoms with E-state index in [0.29, 0.717) is 5.69 Å². The van der Waals surface area contributed by atoms with Crippen molar-refractivity contribution in [2.45, 2.75) is 20.8 Å². The molecule has 1 heterocycles. The topological polar surface area (TPSA) is 42.9 Å². The maximum Gasteiger partial charge on any atom is 0.188 e.